The van der Waals surface area contributed by atoms with Gasteiger partial charge in [0.05, 0.1) is 19.3 Å². The van der Waals surface area contributed by atoms with Crippen molar-refractivity contribution in [1.29, 1.82) is 0 Å². The monoisotopic (exact) mass is 428 g/mol. The summed E-state index contributed by atoms with van der Waals surface area (Å²) in [6.07, 6.45) is 8.45. The number of carbonyl (C=O) groups is 2. The molecule has 1 aliphatic carbocycles. The van der Waals surface area contributed by atoms with E-state index >= 15 is 0 Å². The number of fused-ring (bicyclic) bond motifs is 1. The maximum absolute atomic E-state index is 13.2. The fraction of sp³-hybridized carbons (Fsp3) is 0.696. The highest BCUT2D eigenvalue weighted by Crippen LogP contribution is 2.31. The average molecular weight is 429 g/mol. The second-order valence-electron chi connectivity index (χ2n) is 9.48. The van der Waals surface area contributed by atoms with Crippen LogP contribution in [0.1, 0.15) is 50.5 Å². The molecule has 8 heteroatoms. The summed E-state index contributed by atoms with van der Waals surface area (Å²) in [6.45, 7) is 7.97. The predicted octanol–water partition coefficient (Wildman–Crippen LogP) is 2.00. The lowest BCUT2D eigenvalue weighted by Crippen LogP contribution is -2.39. The van der Waals surface area contributed by atoms with Gasteiger partial charge in [-0.05, 0) is 63.5 Å². The zero-order valence-electron chi connectivity index (χ0n) is 18.7. The van der Waals surface area contributed by atoms with Crippen LogP contribution in [0.5, 0.6) is 0 Å². The molecule has 2 aliphatic heterocycles. The summed E-state index contributed by atoms with van der Waals surface area (Å²) < 4.78 is 1.79. The number of aryl methyl sites for hydroxylation is 1. The zero-order valence-corrected chi connectivity index (χ0v) is 18.7. The Morgan fingerprint density at radius 1 is 1.13 bits per heavy atom. The Morgan fingerprint density at radius 3 is 2.61 bits per heavy atom. The minimum absolute atomic E-state index is 0.0627. The molecule has 170 valence electrons. The SMILES string of the molecule is C=C1CN(C(=O)C2CCC(CNC(=O)CC3CCNCC3)CC2)Cc2cnn(C)c2N1. The van der Waals surface area contributed by atoms with Gasteiger partial charge in [0.2, 0.25) is 11.8 Å². The number of hydrogen-bond donors (Lipinski definition) is 3. The number of piperidine rings is 1. The lowest BCUT2D eigenvalue weighted by atomic mass is 9.81. The average Bonchev–Trinajstić information content (AvgIpc) is 3.01. The van der Waals surface area contributed by atoms with E-state index < -0.39 is 0 Å². The third-order valence-electron chi connectivity index (χ3n) is 7.08. The van der Waals surface area contributed by atoms with Crippen LogP contribution in [0.4, 0.5) is 5.82 Å². The normalized spacial score (nSPS) is 24.8. The molecule has 0 spiro atoms. The van der Waals surface area contributed by atoms with Gasteiger partial charge in [0.15, 0.2) is 0 Å². The molecule has 1 aromatic rings. The van der Waals surface area contributed by atoms with E-state index in [1.807, 2.05) is 18.1 Å². The van der Waals surface area contributed by atoms with Crippen molar-refractivity contribution < 1.29 is 9.59 Å². The molecule has 31 heavy (non-hydrogen) atoms. The Balaban J connectivity index is 1.22. The molecule has 3 N–H and O–H groups in total. The lowest BCUT2D eigenvalue weighted by Gasteiger charge is -2.32. The number of nitrogens with zero attached hydrogens (tertiary/aromatic N) is 3. The predicted molar refractivity (Wildman–Crippen MR) is 120 cm³/mol. The molecule has 2 fully saturated rings. The topological polar surface area (TPSA) is 91.3 Å². The van der Waals surface area contributed by atoms with Crippen LogP contribution in [-0.4, -0.2) is 52.7 Å². The van der Waals surface area contributed by atoms with Crippen LogP contribution in [-0.2, 0) is 23.2 Å². The number of nitrogens with one attached hydrogen (secondary N) is 3. The number of carbonyl (C=O) groups excluding carboxylic acids is 2. The zero-order chi connectivity index (χ0) is 21.8. The first-order valence-electron chi connectivity index (χ1n) is 11.7. The maximum atomic E-state index is 13.2. The van der Waals surface area contributed by atoms with Crippen molar-refractivity contribution in [2.45, 2.75) is 51.5 Å². The quantitative estimate of drug-likeness (QED) is 0.667. The molecule has 1 saturated carbocycles. The molecule has 1 saturated heterocycles. The summed E-state index contributed by atoms with van der Waals surface area (Å²) in [6, 6.07) is 0. The van der Waals surface area contributed by atoms with Gasteiger partial charge in [-0.3, -0.25) is 14.3 Å². The van der Waals surface area contributed by atoms with Crippen molar-refractivity contribution in [2.24, 2.45) is 24.8 Å². The molecule has 0 atom stereocenters. The van der Waals surface area contributed by atoms with E-state index in [4.69, 9.17) is 0 Å². The fourth-order valence-corrected chi connectivity index (χ4v) is 5.16. The lowest BCUT2D eigenvalue weighted by molar-refractivity contribution is -0.137. The highest BCUT2D eigenvalue weighted by Gasteiger charge is 2.32. The van der Waals surface area contributed by atoms with Gasteiger partial charge in [0.25, 0.3) is 0 Å². The first kappa shape index (κ1) is 21.9. The Kier molecular flexibility index (Phi) is 6.95. The second-order valence-corrected chi connectivity index (χ2v) is 9.48. The highest BCUT2D eigenvalue weighted by atomic mass is 16.2. The third-order valence-corrected chi connectivity index (χ3v) is 7.08. The van der Waals surface area contributed by atoms with Crippen molar-refractivity contribution in [3.63, 3.8) is 0 Å². The van der Waals surface area contributed by atoms with Crippen LogP contribution >= 0.6 is 0 Å². The van der Waals surface area contributed by atoms with Gasteiger partial charge in [-0.25, -0.2) is 0 Å². The Hall–Kier alpha value is -2.35. The smallest absolute Gasteiger partial charge is 0.226 e. The molecule has 3 aliphatic rings. The Bertz CT molecular complexity index is 805. The van der Waals surface area contributed by atoms with Crippen LogP contribution < -0.4 is 16.0 Å². The summed E-state index contributed by atoms with van der Waals surface area (Å²) in [4.78, 5) is 27.4. The Labute approximate surface area is 184 Å². The van der Waals surface area contributed by atoms with E-state index in [-0.39, 0.29) is 17.7 Å². The summed E-state index contributed by atoms with van der Waals surface area (Å²) >= 11 is 0. The van der Waals surface area contributed by atoms with E-state index in [2.05, 4.69) is 27.6 Å². The summed E-state index contributed by atoms with van der Waals surface area (Å²) in [5, 5.41) is 14.1. The third kappa shape index (κ3) is 5.47. The van der Waals surface area contributed by atoms with E-state index in [1.54, 1.807) is 4.68 Å². The maximum Gasteiger partial charge on any atom is 0.226 e. The van der Waals surface area contributed by atoms with Gasteiger partial charge in [-0.1, -0.05) is 6.58 Å². The van der Waals surface area contributed by atoms with E-state index in [0.29, 0.717) is 31.3 Å². The Morgan fingerprint density at radius 2 is 1.87 bits per heavy atom. The van der Waals surface area contributed by atoms with Gasteiger partial charge < -0.3 is 20.9 Å². The van der Waals surface area contributed by atoms with E-state index in [1.165, 1.54) is 0 Å². The van der Waals surface area contributed by atoms with Crippen molar-refractivity contribution in [2.75, 3.05) is 31.5 Å². The highest BCUT2D eigenvalue weighted by molar-refractivity contribution is 5.80. The van der Waals surface area contributed by atoms with Crippen molar-refractivity contribution in [1.82, 2.24) is 25.3 Å². The molecule has 3 heterocycles. The minimum Gasteiger partial charge on any atom is -0.356 e. The largest absolute Gasteiger partial charge is 0.356 e. The van der Waals surface area contributed by atoms with Crippen LogP contribution in [0.25, 0.3) is 0 Å². The molecule has 4 rings (SSSR count). The fourth-order valence-electron chi connectivity index (χ4n) is 5.16. The minimum atomic E-state index is 0.0627. The van der Waals surface area contributed by atoms with Gasteiger partial charge >= 0.3 is 0 Å². The summed E-state index contributed by atoms with van der Waals surface area (Å²) in [5.41, 5.74) is 1.85. The summed E-state index contributed by atoms with van der Waals surface area (Å²) in [5.74, 6) is 2.39. The number of rotatable bonds is 5. The van der Waals surface area contributed by atoms with Gasteiger partial charge in [0, 0.05) is 37.2 Å². The first-order chi connectivity index (χ1) is 15.0. The number of anilines is 1. The number of hydrogen-bond acceptors (Lipinski definition) is 5. The molecule has 0 radical (unpaired) electrons. The molecule has 0 unspecified atom stereocenters. The standard InChI is InChI=1S/C23H36N6O2/c1-16-14-29(15-20-13-26-28(2)22(20)27-16)23(31)19-5-3-18(4-6-19)12-25-21(30)11-17-7-9-24-10-8-17/h13,17-19,24,27H,1,3-12,14-15H2,2H3,(H,25,30). The first-order valence-corrected chi connectivity index (χ1v) is 11.7. The molecule has 2 amide bonds. The molecule has 0 aromatic carbocycles. The molecule has 1 aromatic heterocycles. The van der Waals surface area contributed by atoms with Crippen LogP contribution in [0, 0.1) is 17.8 Å². The van der Waals surface area contributed by atoms with Gasteiger partial charge in [-0.15, -0.1) is 0 Å². The van der Waals surface area contributed by atoms with Crippen molar-refractivity contribution in [3.8, 4) is 0 Å². The molecular weight excluding hydrogens is 392 g/mol. The van der Waals surface area contributed by atoms with Crippen LogP contribution in [0.2, 0.25) is 0 Å². The van der Waals surface area contributed by atoms with E-state index in [0.717, 1.165) is 75.2 Å². The van der Waals surface area contributed by atoms with Crippen molar-refractivity contribution >= 4 is 17.6 Å². The molecular formula is C23H36N6O2. The van der Waals surface area contributed by atoms with Gasteiger partial charge in [-0.2, -0.15) is 5.10 Å². The van der Waals surface area contributed by atoms with Crippen LogP contribution in [0.15, 0.2) is 18.5 Å². The van der Waals surface area contributed by atoms with Crippen molar-refractivity contribution in [3.05, 3.63) is 24.0 Å². The second kappa shape index (κ2) is 9.85. The number of amides is 2. The van der Waals surface area contributed by atoms with Gasteiger partial charge in [0.1, 0.15) is 5.82 Å². The van der Waals surface area contributed by atoms with E-state index in [9.17, 15) is 9.59 Å². The summed E-state index contributed by atoms with van der Waals surface area (Å²) in [7, 11) is 1.89. The number of aromatic nitrogens is 2. The molecule has 0 bridgehead atoms. The van der Waals surface area contributed by atoms with Crippen LogP contribution in [0.3, 0.4) is 0 Å². The molecule has 8 nitrogen and oxygen atoms in total.